The number of ether oxygens (including phenoxy) is 1. The number of rotatable bonds is 3. The van der Waals surface area contributed by atoms with Crippen molar-refractivity contribution in [3.63, 3.8) is 0 Å². The number of nitrogen functional groups attached to an aromatic ring is 1. The molecular weight excluding hydrogens is 200 g/mol. The van der Waals surface area contributed by atoms with Crippen LogP contribution in [-0.2, 0) is 6.61 Å². The van der Waals surface area contributed by atoms with Gasteiger partial charge >= 0.3 is 0 Å². The van der Waals surface area contributed by atoms with Crippen LogP contribution in [0.4, 0.5) is 5.69 Å². The quantitative estimate of drug-likeness (QED) is 0.854. The van der Waals surface area contributed by atoms with Gasteiger partial charge in [0.25, 0.3) is 0 Å². The normalized spacial score (nSPS) is 10.1. The highest BCUT2D eigenvalue weighted by Crippen LogP contribution is 2.14. The van der Waals surface area contributed by atoms with Gasteiger partial charge in [0, 0.05) is 11.9 Å². The van der Waals surface area contributed by atoms with Crippen molar-refractivity contribution in [1.29, 1.82) is 0 Å². The van der Waals surface area contributed by atoms with E-state index in [1.54, 1.807) is 12.3 Å². The summed E-state index contributed by atoms with van der Waals surface area (Å²) in [5.74, 6) is 0.851. The van der Waals surface area contributed by atoms with E-state index >= 15 is 0 Å². The highest BCUT2D eigenvalue weighted by molar-refractivity contribution is 5.37. The van der Waals surface area contributed by atoms with Crippen LogP contribution in [0.25, 0.3) is 0 Å². The van der Waals surface area contributed by atoms with Crippen molar-refractivity contribution < 1.29 is 4.74 Å². The zero-order chi connectivity index (χ0) is 11.4. The summed E-state index contributed by atoms with van der Waals surface area (Å²) >= 11 is 0. The molecule has 1 heterocycles. The van der Waals surface area contributed by atoms with Crippen molar-refractivity contribution in [2.75, 3.05) is 5.73 Å². The molecule has 0 fully saturated rings. The first-order chi connectivity index (χ1) is 7.74. The van der Waals surface area contributed by atoms with E-state index in [1.165, 1.54) is 5.56 Å². The van der Waals surface area contributed by atoms with Crippen LogP contribution >= 0.6 is 0 Å². The van der Waals surface area contributed by atoms with Gasteiger partial charge in [-0.1, -0.05) is 12.1 Å². The zero-order valence-electron chi connectivity index (χ0n) is 9.18. The number of anilines is 1. The van der Waals surface area contributed by atoms with E-state index < -0.39 is 0 Å². The second-order valence-electron chi connectivity index (χ2n) is 3.69. The summed E-state index contributed by atoms with van der Waals surface area (Å²) in [5, 5.41) is 0. The van der Waals surface area contributed by atoms with Crippen LogP contribution in [0, 0.1) is 6.92 Å². The predicted molar refractivity (Wildman–Crippen MR) is 64.2 cm³/mol. The number of benzene rings is 1. The minimum absolute atomic E-state index is 0.439. The molecule has 2 rings (SSSR count). The Hall–Kier alpha value is -2.03. The molecule has 2 N–H and O–H groups in total. The van der Waals surface area contributed by atoms with Crippen LogP contribution < -0.4 is 10.5 Å². The van der Waals surface area contributed by atoms with Gasteiger partial charge in [-0.2, -0.15) is 0 Å². The largest absolute Gasteiger partial charge is 0.487 e. The Labute approximate surface area is 94.9 Å². The number of nitrogens with zero attached hydrogens (tertiary/aromatic N) is 1. The second kappa shape index (κ2) is 4.66. The van der Waals surface area contributed by atoms with E-state index in [9.17, 15) is 0 Å². The third-order valence-corrected chi connectivity index (χ3v) is 2.22. The van der Waals surface area contributed by atoms with Crippen molar-refractivity contribution >= 4 is 5.69 Å². The Bertz CT molecular complexity index is 437. The molecule has 0 saturated heterocycles. The highest BCUT2D eigenvalue weighted by atomic mass is 16.5. The fourth-order valence-corrected chi connectivity index (χ4v) is 1.44. The molecule has 3 heteroatoms. The van der Waals surface area contributed by atoms with E-state index in [0.29, 0.717) is 12.3 Å². The average Bonchev–Trinajstić information content (AvgIpc) is 2.27. The van der Waals surface area contributed by atoms with Crippen molar-refractivity contribution in [2.24, 2.45) is 0 Å². The van der Waals surface area contributed by atoms with Gasteiger partial charge in [0.15, 0.2) is 0 Å². The molecule has 1 aromatic heterocycles. The summed E-state index contributed by atoms with van der Waals surface area (Å²) in [5.41, 5.74) is 8.38. The maximum atomic E-state index is 5.66. The molecule has 2 aromatic rings. The third kappa shape index (κ3) is 2.73. The van der Waals surface area contributed by atoms with Crippen molar-refractivity contribution in [1.82, 2.24) is 4.98 Å². The molecule has 1 aromatic carbocycles. The molecule has 0 aliphatic carbocycles. The maximum absolute atomic E-state index is 5.66. The summed E-state index contributed by atoms with van der Waals surface area (Å²) in [6.07, 6.45) is 1.68. The summed E-state index contributed by atoms with van der Waals surface area (Å²) in [7, 11) is 0. The summed E-state index contributed by atoms with van der Waals surface area (Å²) in [6, 6.07) is 11.5. The molecule has 0 atom stereocenters. The lowest BCUT2D eigenvalue weighted by Gasteiger charge is -2.06. The number of hydrogen-bond donors (Lipinski definition) is 1. The average molecular weight is 214 g/mol. The predicted octanol–water partition coefficient (Wildman–Crippen LogP) is 2.55. The van der Waals surface area contributed by atoms with E-state index in [0.717, 1.165) is 11.4 Å². The minimum atomic E-state index is 0.439. The van der Waals surface area contributed by atoms with E-state index in [2.05, 4.69) is 4.98 Å². The van der Waals surface area contributed by atoms with E-state index in [-0.39, 0.29) is 0 Å². The molecule has 0 aliphatic heterocycles. The molecule has 82 valence electrons. The topological polar surface area (TPSA) is 48.1 Å². The minimum Gasteiger partial charge on any atom is -0.487 e. The van der Waals surface area contributed by atoms with Crippen LogP contribution in [0.5, 0.6) is 5.75 Å². The fraction of sp³-hybridized carbons (Fsp3) is 0.154. The van der Waals surface area contributed by atoms with Gasteiger partial charge in [-0.3, -0.25) is 4.98 Å². The fourth-order valence-electron chi connectivity index (χ4n) is 1.44. The Morgan fingerprint density at radius 2 is 2.12 bits per heavy atom. The number of nitrogens with two attached hydrogens (primary N) is 1. The van der Waals surface area contributed by atoms with Crippen LogP contribution in [0.1, 0.15) is 11.3 Å². The Balaban J connectivity index is 2.02. The lowest BCUT2D eigenvalue weighted by Crippen LogP contribution is -1.99. The lowest BCUT2D eigenvalue weighted by atomic mass is 10.2. The van der Waals surface area contributed by atoms with Gasteiger partial charge < -0.3 is 10.5 Å². The molecule has 3 nitrogen and oxygen atoms in total. The first-order valence-corrected chi connectivity index (χ1v) is 5.14. The van der Waals surface area contributed by atoms with Crippen LogP contribution in [0.2, 0.25) is 0 Å². The summed E-state index contributed by atoms with van der Waals surface area (Å²) < 4.78 is 5.61. The highest BCUT2D eigenvalue weighted by Gasteiger charge is 1.97. The second-order valence-corrected chi connectivity index (χ2v) is 3.69. The van der Waals surface area contributed by atoms with E-state index in [4.69, 9.17) is 10.5 Å². The van der Waals surface area contributed by atoms with Crippen LogP contribution in [0.15, 0.2) is 42.6 Å². The molecule has 0 amide bonds. The lowest BCUT2D eigenvalue weighted by molar-refractivity contribution is 0.301. The zero-order valence-corrected chi connectivity index (χ0v) is 9.18. The third-order valence-electron chi connectivity index (χ3n) is 2.22. The van der Waals surface area contributed by atoms with Crippen molar-refractivity contribution in [3.05, 3.63) is 53.9 Å². The van der Waals surface area contributed by atoms with Gasteiger partial charge in [0.2, 0.25) is 0 Å². The summed E-state index contributed by atoms with van der Waals surface area (Å²) in [4.78, 5) is 4.17. The van der Waals surface area contributed by atoms with Gasteiger partial charge in [-0.25, -0.2) is 0 Å². The number of hydrogen-bond acceptors (Lipinski definition) is 3. The number of aryl methyl sites for hydroxylation is 1. The van der Waals surface area contributed by atoms with Crippen LogP contribution in [0.3, 0.4) is 0 Å². The first kappa shape index (κ1) is 10.5. The maximum Gasteiger partial charge on any atom is 0.130 e. The molecule has 0 unspecified atom stereocenters. The van der Waals surface area contributed by atoms with Gasteiger partial charge in [0.1, 0.15) is 12.4 Å². The Kier molecular flexibility index (Phi) is 3.05. The standard InChI is InChI=1S/C13H14N2O/c1-10-3-2-4-13(7-10)16-9-12-8-11(14)5-6-15-12/h2-8H,9H2,1H3,(H2,14,15). The molecular formula is C13H14N2O. The molecule has 16 heavy (non-hydrogen) atoms. The van der Waals surface area contributed by atoms with Gasteiger partial charge in [-0.05, 0) is 36.8 Å². The Morgan fingerprint density at radius 1 is 1.25 bits per heavy atom. The molecule has 0 radical (unpaired) electrons. The molecule has 0 saturated carbocycles. The van der Waals surface area contributed by atoms with Crippen LogP contribution in [-0.4, -0.2) is 4.98 Å². The van der Waals surface area contributed by atoms with E-state index in [1.807, 2.05) is 37.3 Å². The molecule has 0 bridgehead atoms. The summed E-state index contributed by atoms with van der Waals surface area (Å²) in [6.45, 7) is 2.47. The molecule has 0 spiro atoms. The molecule has 0 aliphatic rings. The van der Waals surface area contributed by atoms with Crippen molar-refractivity contribution in [3.8, 4) is 5.75 Å². The number of pyridine rings is 1. The Morgan fingerprint density at radius 3 is 2.88 bits per heavy atom. The monoisotopic (exact) mass is 214 g/mol. The van der Waals surface area contributed by atoms with Gasteiger partial charge in [0.05, 0.1) is 5.69 Å². The van der Waals surface area contributed by atoms with Gasteiger partial charge in [-0.15, -0.1) is 0 Å². The number of aromatic nitrogens is 1. The smallest absolute Gasteiger partial charge is 0.130 e. The SMILES string of the molecule is Cc1cccc(OCc2cc(N)ccn2)c1. The first-order valence-electron chi connectivity index (χ1n) is 5.14. The van der Waals surface area contributed by atoms with Crippen molar-refractivity contribution in [2.45, 2.75) is 13.5 Å².